The Hall–Kier alpha value is -3.09. The fourth-order valence-electron chi connectivity index (χ4n) is 2.15. The molecule has 22 heavy (non-hydrogen) atoms. The largest absolute Gasteiger partial charge is 0.480 e. The molecule has 0 aliphatic rings. The van der Waals surface area contributed by atoms with Crippen molar-refractivity contribution in [3.05, 3.63) is 58.8 Å². The number of hydrogen-bond acceptors (Lipinski definition) is 5. The van der Waals surface area contributed by atoms with Crippen molar-refractivity contribution in [2.75, 3.05) is 5.32 Å². The molecule has 2 aromatic heterocycles. The van der Waals surface area contributed by atoms with Gasteiger partial charge < -0.3 is 14.8 Å². The number of carboxylic acid groups (broad SMARTS) is 1. The maximum absolute atomic E-state index is 12.1. The van der Waals surface area contributed by atoms with Crippen LogP contribution in [0, 0.1) is 0 Å². The number of nitrogens with one attached hydrogen (secondary N) is 1. The molecule has 1 aromatic carbocycles. The van der Waals surface area contributed by atoms with Crippen LogP contribution in [0.15, 0.2) is 52.1 Å². The summed E-state index contributed by atoms with van der Waals surface area (Å²) in [4.78, 5) is 26.7. The van der Waals surface area contributed by atoms with Crippen LogP contribution < -0.4 is 10.9 Å². The van der Waals surface area contributed by atoms with E-state index in [1.54, 1.807) is 6.26 Å². The zero-order valence-electron chi connectivity index (χ0n) is 11.5. The first kappa shape index (κ1) is 13.9. The number of benzene rings is 1. The summed E-state index contributed by atoms with van der Waals surface area (Å²) in [6.45, 7) is 0.0114. The van der Waals surface area contributed by atoms with Crippen molar-refractivity contribution in [2.24, 2.45) is 0 Å². The number of anilines is 1. The molecule has 0 saturated heterocycles. The van der Waals surface area contributed by atoms with Crippen LogP contribution in [0.5, 0.6) is 0 Å². The first-order valence-electron chi connectivity index (χ1n) is 6.61. The number of furan rings is 1. The normalized spacial score (nSPS) is 10.7. The Morgan fingerprint density at radius 2 is 2.23 bits per heavy atom. The van der Waals surface area contributed by atoms with Crippen molar-refractivity contribution in [2.45, 2.75) is 13.1 Å². The summed E-state index contributed by atoms with van der Waals surface area (Å²) in [6.07, 6.45) is 4.36. The van der Waals surface area contributed by atoms with Crippen LogP contribution in [-0.4, -0.2) is 20.6 Å². The van der Waals surface area contributed by atoms with E-state index in [1.165, 1.54) is 12.4 Å². The molecule has 7 heteroatoms. The van der Waals surface area contributed by atoms with E-state index in [0.29, 0.717) is 6.54 Å². The molecule has 2 N–H and O–H groups in total. The van der Waals surface area contributed by atoms with E-state index in [-0.39, 0.29) is 5.82 Å². The highest BCUT2D eigenvalue weighted by molar-refractivity contribution is 5.77. The van der Waals surface area contributed by atoms with Gasteiger partial charge in [0.2, 0.25) is 0 Å². The Morgan fingerprint density at radius 3 is 3.05 bits per heavy atom. The molecule has 0 unspecified atom stereocenters. The standard InChI is InChI=1S/C15H13N3O4/c19-13(20)9-18-5-4-16-14(15(18)21)17-8-10-1-2-12-11(7-10)3-6-22-12/h1-7H,8-9H2,(H,16,17)(H,19,20). The molecule has 7 nitrogen and oxygen atoms in total. The number of aliphatic carboxylic acids is 1. The van der Waals surface area contributed by atoms with Crippen molar-refractivity contribution >= 4 is 22.8 Å². The number of rotatable bonds is 5. The van der Waals surface area contributed by atoms with Gasteiger partial charge in [0.25, 0.3) is 5.56 Å². The Morgan fingerprint density at radius 1 is 1.36 bits per heavy atom. The molecule has 0 amide bonds. The molecule has 0 fully saturated rings. The minimum atomic E-state index is -1.08. The SMILES string of the molecule is O=C(O)Cn1ccnc(NCc2ccc3occc3c2)c1=O. The van der Waals surface area contributed by atoms with Crippen molar-refractivity contribution in [1.29, 1.82) is 0 Å². The smallest absolute Gasteiger partial charge is 0.323 e. The summed E-state index contributed by atoms with van der Waals surface area (Å²) in [5, 5.41) is 12.7. The van der Waals surface area contributed by atoms with Crippen LogP contribution in [0.3, 0.4) is 0 Å². The Labute approximate surface area is 124 Å². The maximum Gasteiger partial charge on any atom is 0.323 e. The monoisotopic (exact) mass is 299 g/mol. The van der Waals surface area contributed by atoms with Crippen LogP contribution >= 0.6 is 0 Å². The number of aromatic nitrogens is 2. The van der Waals surface area contributed by atoms with Gasteiger partial charge in [0.05, 0.1) is 6.26 Å². The topological polar surface area (TPSA) is 97.4 Å². The van der Waals surface area contributed by atoms with Crippen LogP contribution in [0.4, 0.5) is 5.82 Å². The molecule has 2 heterocycles. The Kier molecular flexibility index (Phi) is 3.61. The summed E-state index contributed by atoms with van der Waals surface area (Å²) >= 11 is 0. The lowest BCUT2D eigenvalue weighted by molar-refractivity contribution is -0.137. The summed E-state index contributed by atoms with van der Waals surface area (Å²) < 4.78 is 6.36. The van der Waals surface area contributed by atoms with E-state index in [4.69, 9.17) is 9.52 Å². The predicted molar refractivity (Wildman–Crippen MR) is 79.7 cm³/mol. The van der Waals surface area contributed by atoms with Crippen molar-refractivity contribution in [3.63, 3.8) is 0 Å². The molecule has 3 rings (SSSR count). The van der Waals surface area contributed by atoms with Gasteiger partial charge in [-0.1, -0.05) is 6.07 Å². The molecule has 0 radical (unpaired) electrons. The second-order valence-corrected chi connectivity index (χ2v) is 4.75. The molecule has 0 atom stereocenters. The molecule has 0 aliphatic carbocycles. The molecular formula is C15H13N3O4. The van der Waals surface area contributed by atoms with Crippen molar-refractivity contribution in [1.82, 2.24) is 9.55 Å². The average Bonchev–Trinajstić information content (AvgIpc) is 2.95. The zero-order valence-corrected chi connectivity index (χ0v) is 11.5. The average molecular weight is 299 g/mol. The lowest BCUT2D eigenvalue weighted by atomic mass is 10.1. The third-order valence-corrected chi connectivity index (χ3v) is 3.20. The fraction of sp³-hybridized carbons (Fsp3) is 0.133. The molecule has 3 aromatic rings. The second kappa shape index (κ2) is 5.72. The molecular weight excluding hydrogens is 286 g/mol. The number of hydrogen-bond donors (Lipinski definition) is 2. The van der Waals surface area contributed by atoms with Gasteiger partial charge in [-0.2, -0.15) is 0 Å². The number of fused-ring (bicyclic) bond motifs is 1. The molecule has 0 spiro atoms. The summed E-state index contributed by atoms with van der Waals surface area (Å²) in [7, 11) is 0. The van der Waals surface area contributed by atoms with Gasteiger partial charge in [-0.15, -0.1) is 0 Å². The summed E-state index contributed by atoms with van der Waals surface area (Å²) in [6, 6.07) is 7.55. The van der Waals surface area contributed by atoms with Crippen LogP contribution in [0.2, 0.25) is 0 Å². The fourth-order valence-corrected chi connectivity index (χ4v) is 2.15. The predicted octanol–water partition coefficient (Wildman–Crippen LogP) is 1.69. The highest BCUT2D eigenvalue weighted by Crippen LogP contribution is 2.17. The first-order valence-corrected chi connectivity index (χ1v) is 6.61. The van der Waals surface area contributed by atoms with E-state index in [1.807, 2.05) is 24.3 Å². The molecule has 0 bridgehead atoms. The lowest BCUT2D eigenvalue weighted by Crippen LogP contribution is -2.27. The maximum atomic E-state index is 12.1. The van der Waals surface area contributed by atoms with Gasteiger partial charge >= 0.3 is 5.97 Å². The van der Waals surface area contributed by atoms with Crippen LogP contribution in [-0.2, 0) is 17.9 Å². The van der Waals surface area contributed by atoms with E-state index in [2.05, 4.69) is 10.3 Å². The highest BCUT2D eigenvalue weighted by atomic mass is 16.4. The summed E-state index contributed by atoms with van der Waals surface area (Å²) in [5.41, 5.74) is 1.29. The molecule has 112 valence electrons. The minimum Gasteiger partial charge on any atom is -0.480 e. The zero-order chi connectivity index (χ0) is 15.5. The van der Waals surface area contributed by atoms with E-state index >= 15 is 0 Å². The Bertz CT molecular complexity index is 882. The minimum absolute atomic E-state index is 0.121. The van der Waals surface area contributed by atoms with E-state index in [9.17, 15) is 9.59 Å². The quantitative estimate of drug-likeness (QED) is 0.744. The number of nitrogens with zero attached hydrogens (tertiary/aromatic N) is 2. The van der Waals surface area contributed by atoms with Gasteiger partial charge in [0.15, 0.2) is 5.82 Å². The Balaban J connectivity index is 1.78. The van der Waals surface area contributed by atoms with Gasteiger partial charge in [0.1, 0.15) is 12.1 Å². The van der Waals surface area contributed by atoms with Crippen LogP contribution in [0.1, 0.15) is 5.56 Å². The first-order chi connectivity index (χ1) is 10.6. The van der Waals surface area contributed by atoms with Crippen molar-refractivity contribution in [3.8, 4) is 0 Å². The van der Waals surface area contributed by atoms with Gasteiger partial charge in [-0.05, 0) is 23.8 Å². The van der Waals surface area contributed by atoms with Gasteiger partial charge in [-0.3, -0.25) is 14.2 Å². The molecule has 0 saturated carbocycles. The van der Waals surface area contributed by atoms with E-state index < -0.39 is 18.1 Å². The third kappa shape index (κ3) is 2.83. The highest BCUT2D eigenvalue weighted by Gasteiger charge is 2.07. The summed E-state index contributed by atoms with van der Waals surface area (Å²) in [5.74, 6) is -0.958. The lowest BCUT2D eigenvalue weighted by Gasteiger charge is -2.07. The number of carboxylic acids is 1. The van der Waals surface area contributed by atoms with Gasteiger partial charge in [-0.25, -0.2) is 4.98 Å². The molecule has 0 aliphatic heterocycles. The van der Waals surface area contributed by atoms with Crippen molar-refractivity contribution < 1.29 is 14.3 Å². The van der Waals surface area contributed by atoms with E-state index in [0.717, 1.165) is 21.1 Å². The third-order valence-electron chi connectivity index (χ3n) is 3.20. The number of carbonyl (C=O) groups is 1. The second-order valence-electron chi connectivity index (χ2n) is 4.75. The van der Waals surface area contributed by atoms with Gasteiger partial charge in [0, 0.05) is 24.3 Å². The van der Waals surface area contributed by atoms with Crippen LogP contribution in [0.25, 0.3) is 11.0 Å².